The Morgan fingerprint density at radius 3 is 2.64 bits per heavy atom. The van der Waals surface area contributed by atoms with E-state index in [1.54, 1.807) is 0 Å². The average molecular weight is 519 g/mol. The molecule has 3 heterocycles. The van der Waals surface area contributed by atoms with Crippen molar-refractivity contribution in [2.24, 2.45) is 16.8 Å². The van der Waals surface area contributed by atoms with Gasteiger partial charge in [0.15, 0.2) is 5.96 Å². The molecule has 1 saturated carbocycles. The van der Waals surface area contributed by atoms with E-state index < -0.39 is 0 Å². The van der Waals surface area contributed by atoms with Crippen LogP contribution in [-0.2, 0) is 4.74 Å². The van der Waals surface area contributed by atoms with Gasteiger partial charge in [0.2, 0.25) is 0 Å². The molecule has 1 aliphatic carbocycles. The number of ether oxygens (including phenoxy) is 1. The van der Waals surface area contributed by atoms with Gasteiger partial charge in [-0.1, -0.05) is 18.9 Å². The number of aliphatic imine (C=N–C) groups is 1. The van der Waals surface area contributed by atoms with Crippen molar-refractivity contribution in [1.82, 2.24) is 15.1 Å². The van der Waals surface area contributed by atoms with E-state index in [0.29, 0.717) is 12.1 Å². The van der Waals surface area contributed by atoms with Gasteiger partial charge in [0.25, 0.3) is 0 Å². The lowest BCUT2D eigenvalue weighted by atomic mass is 9.82. The summed E-state index contributed by atoms with van der Waals surface area (Å²) in [7, 11) is 1.93. The first-order valence-corrected chi connectivity index (χ1v) is 11.5. The number of thiophene rings is 1. The molecule has 5 nitrogen and oxygen atoms in total. The lowest BCUT2D eigenvalue weighted by Crippen LogP contribution is -2.48. The zero-order valence-electron chi connectivity index (χ0n) is 17.2. The van der Waals surface area contributed by atoms with Crippen LogP contribution in [0.5, 0.6) is 0 Å². The Balaban J connectivity index is 0.00000225. The largest absolute Gasteiger partial charge is 0.376 e. The summed E-state index contributed by atoms with van der Waals surface area (Å²) >= 11 is 1.86. The molecule has 0 aromatic carbocycles. The molecule has 2 aliphatic heterocycles. The Morgan fingerprint density at radius 2 is 2.04 bits per heavy atom. The Bertz CT molecular complexity index is 612. The number of rotatable bonds is 4. The predicted molar refractivity (Wildman–Crippen MR) is 128 cm³/mol. The molecule has 0 amide bonds. The molecule has 28 heavy (non-hydrogen) atoms. The Hall–Kier alpha value is -0.380. The molecule has 4 atom stereocenters. The lowest BCUT2D eigenvalue weighted by molar-refractivity contribution is -0.0334. The van der Waals surface area contributed by atoms with Gasteiger partial charge in [-0.3, -0.25) is 9.89 Å². The molecule has 1 aromatic heterocycles. The molecule has 158 valence electrons. The summed E-state index contributed by atoms with van der Waals surface area (Å²) in [5, 5.41) is 5.91. The average Bonchev–Trinajstić information content (AvgIpc) is 3.35. The van der Waals surface area contributed by atoms with Crippen molar-refractivity contribution in [2.75, 3.05) is 46.4 Å². The van der Waals surface area contributed by atoms with Gasteiger partial charge in [-0.25, -0.2) is 0 Å². The first kappa shape index (κ1) is 22.3. The lowest BCUT2D eigenvalue weighted by Gasteiger charge is -2.37. The number of halogens is 1. The van der Waals surface area contributed by atoms with Gasteiger partial charge in [-0.2, -0.15) is 0 Å². The van der Waals surface area contributed by atoms with Crippen LogP contribution in [0.25, 0.3) is 0 Å². The highest BCUT2D eigenvalue weighted by molar-refractivity contribution is 14.0. The van der Waals surface area contributed by atoms with Crippen LogP contribution in [-0.4, -0.2) is 68.2 Å². The van der Waals surface area contributed by atoms with Crippen LogP contribution < -0.4 is 5.32 Å². The summed E-state index contributed by atoms with van der Waals surface area (Å²) < 4.78 is 5.77. The van der Waals surface area contributed by atoms with Crippen molar-refractivity contribution in [2.45, 2.75) is 44.8 Å². The third-order valence-corrected chi connectivity index (χ3v) is 7.50. The van der Waals surface area contributed by atoms with Crippen molar-refractivity contribution in [3.63, 3.8) is 0 Å². The van der Waals surface area contributed by atoms with E-state index in [4.69, 9.17) is 4.74 Å². The topological polar surface area (TPSA) is 40.1 Å². The van der Waals surface area contributed by atoms with Crippen LogP contribution in [0.1, 0.15) is 43.5 Å². The minimum absolute atomic E-state index is 0. The van der Waals surface area contributed by atoms with Crippen molar-refractivity contribution in [1.29, 1.82) is 0 Å². The van der Waals surface area contributed by atoms with Gasteiger partial charge < -0.3 is 15.0 Å². The number of hydrogen-bond acceptors (Lipinski definition) is 4. The molecule has 0 bridgehead atoms. The van der Waals surface area contributed by atoms with E-state index in [0.717, 1.165) is 44.0 Å². The fraction of sp³-hybridized carbons (Fsp3) is 0.762. The maximum absolute atomic E-state index is 5.77. The second-order valence-corrected chi connectivity index (χ2v) is 9.32. The Kier molecular flexibility index (Phi) is 8.44. The molecule has 4 rings (SSSR count). The van der Waals surface area contributed by atoms with E-state index in [-0.39, 0.29) is 24.0 Å². The smallest absolute Gasteiger partial charge is 0.193 e. The molecule has 4 unspecified atom stereocenters. The first-order chi connectivity index (χ1) is 13.2. The minimum Gasteiger partial charge on any atom is -0.376 e. The number of morpholine rings is 1. The molecule has 0 radical (unpaired) electrons. The normalized spacial score (nSPS) is 29.9. The molecule has 3 aliphatic rings. The molecule has 2 saturated heterocycles. The van der Waals surface area contributed by atoms with E-state index in [2.05, 4.69) is 44.5 Å². The number of guanidine groups is 1. The van der Waals surface area contributed by atoms with Gasteiger partial charge in [0.05, 0.1) is 18.8 Å². The Labute approximate surface area is 190 Å². The molecular formula is C21H35IN4OS. The molecule has 0 spiro atoms. The van der Waals surface area contributed by atoms with Gasteiger partial charge in [0.1, 0.15) is 0 Å². The molecular weight excluding hydrogens is 483 g/mol. The highest BCUT2D eigenvalue weighted by Crippen LogP contribution is 2.36. The number of nitrogens with zero attached hydrogens (tertiary/aromatic N) is 3. The zero-order valence-corrected chi connectivity index (χ0v) is 20.3. The van der Waals surface area contributed by atoms with E-state index in [1.807, 2.05) is 18.4 Å². The van der Waals surface area contributed by atoms with Gasteiger partial charge >= 0.3 is 0 Å². The van der Waals surface area contributed by atoms with E-state index in [1.165, 1.54) is 43.6 Å². The van der Waals surface area contributed by atoms with Crippen molar-refractivity contribution in [3.8, 4) is 0 Å². The van der Waals surface area contributed by atoms with Crippen molar-refractivity contribution < 1.29 is 4.74 Å². The third kappa shape index (κ3) is 5.21. The van der Waals surface area contributed by atoms with Crippen LogP contribution >= 0.6 is 35.3 Å². The number of fused-ring (bicyclic) bond motifs is 1. The van der Waals surface area contributed by atoms with Crippen LogP contribution in [0.3, 0.4) is 0 Å². The van der Waals surface area contributed by atoms with Gasteiger partial charge in [-0.15, -0.1) is 35.3 Å². The molecule has 1 aromatic rings. The fourth-order valence-corrected chi connectivity index (χ4v) is 5.98. The summed E-state index contributed by atoms with van der Waals surface area (Å²) in [4.78, 5) is 11.1. The summed E-state index contributed by atoms with van der Waals surface area (Å²) in [6, 6.07) is 4.82. The quantitative estimate of drug-likeness (QED) is 0.374. The third-order valence-electron chi connectivity index (χ3n) is 6.53. The summed E-state index contributed by atoms with van der Waals surface area (Å²) in [5.74, 6) is 2.85. The second-order valence-electron chi connectivity index (χ2n) is 8.35. The second kappa shape index (κ2) is 10.6. The van der Waals surface area contributed by atoms with Gasteiger partial charge in [0, 0.05) is 44.6 Å². The SMILES string of the molecule is CN=C(NCC(c1cccs1)N1CCOC(C)C1)N1CC2CCCCC2C1.I. The van der Waals surface area contributed by atoms with Crippen molar-refractivity contribution in [3.05, 3.63) is 22.4 Å². The molecule has 7 heteroatoms. The van der Waals surface area contributed by atoms with Crippen molar-refractivity contribution >= 4 is 41.3 Å². The first-order valence-electron chi connectivity index (χ1n) is 10.6. The number of nitrogens with one attached hydrogen (secondary N) is 1. The number of hydrogen-bond donors (Lipinski definition) is 1. The van der Waals surface area contributed by atoms with Gasteiger partial charge in [-0.05, 0) is 43.0 Å². The van der Waals surface area contributed by atoms with Crippen LogP contribution in [0.2, 0.25) is 0 Å². The number of likely N-dealkylation sites (tertiary alicyclic amines) is 1. The monoisotopic (exact) mass is 518 g/mol. The van der Waals surface area contributed by atoms with E-state index >= 15 is 0 Å². The van der Waals surface area contributed by atoms with Crippen LogP contribution in [0, 0.1) is 11.8 Å². The highest BCUT2D eigenvalue weighted by Gasteiger charge is 2.36. The Morgan fingerprint density at radius 1 is 1.29 bits per heavy atom. The summed E-state index contributed by atoms with van der Waals surface area (Å²) in [6.07, 6.45) is 5.94. The van der Waals surface area contributed by atoms with Crippen LogP contribution in [0.4, 0.5) is 0 Å². The molecule has 1 N–H and O–H groups in total. The fourth-order valence-electron chi connectivity index (χ4n) is 5.12. The minimum atomic E-state index is 0. The zero-order chi connectivity index (χ0) is 18.6. The van der Waals surface area contributed by atoms with Crippen LogP contribution in [0.15, 0.2) is 22.5 Å². The summed E-state index contributed by atoms with van der Waals surface area (Å²) in [6.45, 7) is 8.28. The standard InChI is InChI=1S/C21H34N4OS.HI/c1-16-13-24(9-10-26-16)19(20-8-5-11-27-20)12-23-21(22-2)25-14-17-6-3-4-7-18(17)15-25;/h5,8,11,16-19H,3-4,6-7,9-10,12-15H2,1-2H3,(H,22,23);1H. The highest BCUT2D eigenvalue weighted by atomic mass is 127. The molecule has 3 fully saturated rings. The predicted octanol–water partition coefficient (Wildman–Crippen LogP) is 3.83. The maximum atomic E-state index is 5.77. The van der Waals surface area contributed by atoms with E-state index in [9.17, 15) is 0 Å². The summed E-state index contributed by atoms with van der Waals surface area (Å²) in [5.41, 5.74) is 0. The maximum Gasteiger partial charge on any atom is 0.193 e.